The van der Waals surface area contributed by atoms with Gasteiger partial charge in [-0.1, -0.05) is 12.1 Å². The van der Waals surface area contributed by atoms with Crippen molar-refractivity contribution in [2.24, 2.45) is 0 Å². The Morgan fingerprint density at radius 1 is 1.29 bits per heavy atom. The summed E-state index contributed by atoms with van der Waals surface area (Å²) in [5.74, 6) is 0. The van der Waals surface area contributed by atoms with E-state index in [-0.39, 0.29) is 0 Å². The second kappa shape index (κ2) is 5.76. The van der Waals surface area contributed by atoms with E-state index in [1.54, 1.807) is 20.1 Å². The Labute approximate surface area is 106 Å². The molecule has 1 unspecified atom stereocenters. The van der Waals surface area contributed by atoms with Gasteiger partial charge in [0.1, 0.15) is 0 Å². The highest BCUT2D eigenvalue weighted by atomic mass is 32.2. The van der Waals surface area contributed by atoms with Gasteiger partial charge in [0, 0.05) is 35.0 Å². The molecule has 0 amide bonds. The molecule has 0 aliphatic heterocycles. The average molecular weight is 255 g/mol. The fraction of sp³-hybridized carbons (Fsp3) is 0.538. The molecule has 3 nitrogen and oxygen atoms in total. The summed E-state index contributed by atoms with van der Waals surface area (Å²) >= 11 is 0. The van der Waals surface area contributed by atoms with Crippen LogP contribution in [0, 0.1) is 0 Å². The molecule has 0 fully saturated rings. The molecule has 0 aromatic heterocycles. The number of benzene rings is 1. The molecule has 1 rings (SSSR count). The van der Waals surface area contributed by atoms with E-state index in [9.17, 15) is 9.32 Å². The van der Waals surface area contributed by atoms with E-state index in [1.165, 1.54) is 0 Å². The molecule has 0 saturated heterocycles. The number of hydrogen-bond acceptors (Lipinski definition) is 3. The van der Waals surface area contributed by atoms with Gasteiger partial charge in [-0.3, -0.25) is 9.11 Å². The van der Waals surface area contributed by atoms with Crippen LogP contribution in [0.5, 0.6) is 0 Å². The van der Waals surface area contributed by atoms with Crippen molar-refractivity contribution >= 4 is 10.8 Å². The predicted molar refractivity (Wildman–Crippen MR) is 71.4 cm³/mol. The summed E-state index contributed by atoms with van der Waals surface area (Å²) in [5.41, 5.74) is 0.477. The molecule has 0 aliphatic carbocycles. The van der Waals surface area contributed by atoms with E-state index < -0.39 is 16.4 Å². The van der Waals surface area contributed by atoms with Crippen molar-refractivity contribution in [2.45, 2.75) is 30.9 Å². The van der Waals surface area contributed by atoms with Crippen molar-refractivity contribution < 1.29 is 9.32 Å². The molecule has 1 N–H and O–H groups in total. The summed E-state index contributed by atoms with van der Waals surface area (Å²) in [6, 6.07) is 7.75. The first kappa shape index (κ1) is 14.4. The molecule has 0 heterocycles. The first-order valence-electron chi connectivity index (χ1n) is 5.61. The lowest BCUT2D eigenvalue weighted by atomic mass is 10.1. The van der Waals surface area contributed by atoms with Crippen LogP contribution in [0.3, 0.4) is 0 Å². The van der Waals surface area contributed by atoms with E-state index >= 15 is 0 Å². The molecule has 0 saturated carbocycles. The van der Waals surface area contributed by atoms with E-state index in [0.717, 1.165) is 17.0 Å². The molecule has 1 atom stereocenters. The van der Waals surface area contributed by atoms with Gasteiger partial charge >= 0.3 is 0 Å². The third kappa shape index (κ3) is 5.44. The Morgan fingerprint density at radius 3 is 2.24 bits per heavy atom. The van der Waals surface area contributed by atoms with Gasteiger partial charge in [0.05, 0.1) is 5.60 Å². The number of hydrogen-bond donors (Lipinski definition) is 1. The molecular formula is C13H21NO2S. The lowest BCUT2D eigenvalue weighted by Crippen LogP contribution is -2.35. The van der Waals surface area contributed by atoms with E-state index in [1.807, 2.05) is 31.3 Å². The zero-order chi connectivity index (χ0) is 13.1. The van der Waals surface area contributed by atoms with Crippen LogP contribution in [0.4, 0.5) is 0 Å². The van der Waals surface area contributed by atoms with E-state index in [4.69, 9.17) is 0 Å². The first-order chi connectivity index (χ1) is 7.78. The van der Waals surface area contributed by atoms with E-state index in [2.05, 4.69) is 4.90 Å². The van der Waals surface area contributed by atoms with Crippen molar-refractivity contribution in [1.82, 2.24) is 4.90 Å². The monoisotopic (exact) mass is 255 g/mol. The van der Waals surface area contributed by atoms with Crippen LogP contribution < -0.4 is 0 Å². The second-order valence-corrected chi connectivity index (χ2v) is 6.46. The highest BCUT2D eigenvalue weighted by Crippen LogP contribution is 2.11. The van der Waals surface area contributed by atoms with Gasteiger partial charge in [-0.05, 0) is 38.6 Å². The maximum absolute atomic E-state index is 11.2. The van der Waals surface area contributed by atoms with Gasteiger partial charge in [0.2, 0.25) is 0 Å². The predicted octanol–water partition coefficient (Wildman–Crippen LogP) is 1.63. The Bertz CT molecular complexity index is 381. The third-order valence-corrected chi connectivity index (χ3v) is 3.30. The van der Waals surface area contributed by atoms with Gasteiger partial charge in [-0.2, -0.15) is 0 Å². The molecule has 0 radical (unpaired) electrons. The standard InChI is InChI=1S/C13H21NO2S/c1-13(2,15)10-14(3)9-11-5-7-12(8-6-11)17(4)16/h5-8,15H,9-10H2,1-4H3. The summed E-state index contributed by atoms with van der Waals surface area (Å²) < 4.78 is 11.2. The maximum atomic E-state index is 11.2. The van der Waals surface area contributed by atoms with Crippen molar-refractivity contribution in [3.63, 3.8) is 0 Å². The van der Waals surface area contributed by atoms with Crippen LogP contribution >= 0.6 is 0 Å². The fourth-order valence-corrected chi connectivity index (χ4v) is 2.33. The minimum atomic E-state index is -0.919. The maximum Gasteiger partial charge on any atom is 0.0718 e. The number of likely N-dealkylation sites (N-methyl/N-ethyl adjacent to an activating group) is 1. The molecule has 0 bridgehead atoms. The van der Waals surface area contributed by atoms with Crippen molar-refractivity contribution in [1.29, 1.82) is 0 Å². The van der Waals surface area contributed by atoms with Gasteiger partial charge in [0.25, 0.3) is 0 Å². The Balaban J connectivity index is 2.60. The minimum absolute atomic E-state index is 0.620. The topological polar surface area (TPSA) is 40.5 Å². The molecule has 1 aromatic carbocycles. The van der Waals surface area contributed by atoms with Crippen molar-refractivity contribution in [2.75, 3.05) is 19.8 Å². The highest BCUT2D eigenvalue weighted by Gasteiger charge is 2.15. The molecule has 4 heteroatoms. The zero-order valence-electron chi connectivity index (χ0n) is 10.9. The summed E-state index contributed by atoms with van der Waals surface area (Å²) in [6.07, 6.45) is 1.68. The quantitative estimate of drug-likeness (QED) is 0.869. The number of nitrogens with zero attached hydrogens (tertiary/aromatic N) is 1. The second-order valence-electron chi connectivity index (χ2n) is 5.08. The van der Waals surface area contributed by atoms with Crippen LogP contribution in [0.25, 0.3) is 0 Å². The molecule has 0 aliphatic rings. The van der Waals surface area contributed by atoms with Crippen molar-refractivity contribution in [3.8, 4) is 0 Å². The Kier molecular flexibility index (Phi) is 4.86. The minimum Gasteiger partial charge on any atom is -0.389 e. The van der Waals surface area contributed by atoms with Crippen molar-refractivity contribution in [3.05, 3.63) is 29.8 Å². The number of rotatable bonds is 5. The summed E-state index contributed by atoms with van der Waals surface area (Å²) in [6.45, 7) is 4.99. The van der Waals surface area contributed by atoms with E-state index in [0.29, 0.717) is 6.54 Å². The van der Waals surface area contributed by atoms with Gasteiger partial charge < -0.3 is 5.11 Å². The smallest absolute Gasteiger partial charge is 0.0718 e. The lowest BCUT2D eigenvalue weighted by Gasteiger charge is -2.25. The molecule has 17 heavy (non-hydrogen) atoms. The molecule has 0 spiro atoms. The normalized spacial score (nSPS) is 14.0. The first-order valence-corrected chi connectivity index (χ1v) is 7.17. The average Bonchev–Trinajstić information content (AvgIpc) is 2.15. The molecule has 96 valence electrons. The SMILES string of the molecule is CN(Cc1ccc(S(C)=O)cc1)CC(C)(C)O. The largest absolute Gasteiger partial charge is 0.389 e. The molecule has 1 aromatic rings. The van der Waals surface area contributed by atoms with Crippen LogP contribution in [0.2, 0.25) is 0 Å². The van der Waals surface area contributed by atoms with Crippen LogP contribution in [0.1, 0.15) is 19.4 Å². The van der Waals surface area contributed by atoms with Gasteiger partial charge in [0.15, 0.2) is 0 Å². The highest BCUT2D eigenvalue weighted by molar-refractivity contribution is 7.84. The van der Waals surface area contributed by atoms with Gasteiger partial charge in [-0.25, -0.2) is 0 Å². The summed E-state index contributed by atoms with van der Waals surface area (Å²) in [7, 11) is 1.06. The lowest BCUT2D eigenvalue weighted by molar-refractivity contribution is 0.0425. The van der Waals surface area contributed by atoms with Crippen LogP contribution in [-0.2, 0) is 17.3 Å². The summed E-state index contributed by atoms with van der Waals surface area (Å²) in [4.78, 5) is 2.91. The zero-order valence-corrected chi connectivity index (χ0v) is 11.8. The fourth-order valence-electron chi connectivity index (χ4n) is 1.81. The van der Waals surface area contributed by atoms with Gasteiger partial charge in [-0.15, -0.1) is 0 Å². The Morgan fingerprint density at radius 2 is 1.82 bits per heavy atom. The van der Waals surface area contributed by atoms with Crippen LogP contribution in [-0.4, -0.2) is 39.7 Å². The number of aliphatic hydroxyl groups is 1. The van der Waals surface area contributed by atoms with Crippen LogP contribution in [0.15, 0.2) is 29.2 Å². The third-order valence-electron chi connectivity index (χ3n) is 2.36. The Hall–Kier alpha value is -0.710. The summed E-state index contributed by atoms with van der Waals surface area (Å²) in [5, 5.41) is 9.70. The molecular weight excluding hydrogens is 234 g/mol.